The van der Waals surface area contributed by atoms with Crippen molar-refractivity contribution in [1.29, 1.82) is 0 Å². The Balaban J connectivity index is 1.84. The highest BCUT2D eigenvalue weighted by atomic mass is 16.5. The van der Waals surface area contributed by atoms with Gasteiger partial charge >= 0.3 is 12.1 Å². The van der Waals surface area contributed by atoms with Crippen molar-refractivity contribution in [3.63, 3.8) is 0 Å². The third-order valence-electron chi connectivity index (χ3n) is 4.05. The average Bonchev–Trinajstić information content (AvgIpc) is 2.63. The number of amides is 1. The summed E-state index contributed by atoms with van der Waals surface area (Å²) in [5, 5.41) is 12.0. The molecule has 0 saturated carbocycles. The van der Waals surface area contributed by atoms with Crippen molar-refractivity contribution in [1.82, 2.24) is 0 Å². The molecule has 6 nitrogen and oxygen atoms in total. The van der Waals surface area contributed by atoms with Gasteiger partial charge in [-0.2, -0.15) is 0 Å². The number of anilines is 1. The normalized spacial score (nSPS) is 11.9. The van der Waals surface area contributed by atoms with Crippen molar-refractivity contribution in [3.05, 3.63) is 65.2 Å². The van der Waals surface area contributed by atoms with Crippen molar-refractivity contribution in [2.75, 3.05) is 11.9 Å². The molecule has 1 atom stereocenters. The van der Waals surface area contributed by atoms with Crippen LogP contribution in [-0.4, -0.2) is 36.0 Å². The standard InChI is InChI=1S/C22H27NO5/c1-15(2)28-20(21(24)25)14-18-6-4-5-17(13-18)11-12-27-22(26)23-19-9-7-16(3)8-10-19/h4-10,13,15,20H,11-12,14H2,1-3H3,(H,23,26)(H,24,25). The summed E-state index contributed by atoms with van der Waals surface area (Å²) in [6.07, 6.45) is -0.721. The Morgan fingerprint density at radius 3 is 2.39 bits per heavy atom. The number of hydrogen-bond acceptors (Lipinski definition) is 4. The van der Waals surface area contributed by atoms with Crippen LogP contribution in [0.25, 0.3) is 0 Å². The zero-order valence-corrected chi connectivity index (χ0v) is 16.5. The van der Waals surface area contributed by atoms with Gasteiger partial charge in [0.25, 0.3) is 0 Å². The molecule has 0 saturated heterocycles. The van der Waals surface area contributed by atoms with E-state index in [9.17, 15) is 14.7 Å². The number of carboxylic acid groups (broad SMARTS) is 1. The lowest BCUT2D eigenvalue weighted by Crippen LogP contribution is -2.29. The Hall–Kier alpha value is -2.86. The van der Waals surface area contributed by atoms with Crippen LogP contribution in [-0.2, 0) is 27.1 Å². The van der Waals surface area contributed by atoms with E-state index < -0.39 is 18.2 Å². The molecule has 0 fully saturated rings. The summed E-state index contributed by atoms with van der Waals surface area (Å²) in [7, 11) is 0. The van der Waals surface area contributed by atoms with Crippen LogP contribution >= 0.6 is 0 Å². The van der Waals surface area contributed by atoms with Crippen LogP contribution in [0.5, 0.6) is 0 Å². The van der Waals surface area contributed by atoms with Crippen LogP contribution in [0.15, 0.2) is 48.5 Å². The molecule has 2 aromatic carbocycles. The molecule has 0 aliphatic heterocycles. The number of carbonyl (C=O) groups excluding carboxylic acids is 1. The van der Waals surface area contributed by atoms with Crippen LogP contribution in [0.4, 0.5) is 10.5 Å². The highest BCUT2D eigenvalue weighted by Crippen LogP contribution is 2.13. The topological polar surface area (TPSA) is 84.9 Å². The number of ether oxygens (including phenoxy) is 2. The van der Waals surface area contributed by atoms with Crippen LogP contribution in [0, 0.1) is 6.92 Å². The lowest BCUT2D eigenvalue weighted by Gasteiger charge is -2.17. The van der Waals surface area contributed by atoms with Crippen LogP contribution < -0.4 is 5.32 Å². The molecule has 0 aliphatic carbocycles. The van der Waals surface area contributed by atoms with Crippen molar-refractivity contribution in [3.8, 4) is 0 Å². The smallest absolute Gasteiger partial charge is 0.411 e. The Bertz CT molecular complexity index is 786. The molecule has 28 heavy (non-hydrogen) atoms. The van der Waals surface area contributed by atoms with Crippen LogP contribution in [0.1, 0.15) is 30.5 Å². The van der Waals surface area contributed by atoms with Crippen molar-refractivity contribution in [2.45, 2.75) is 45.8 Å². The molecular weight excluding hydrogens is 358 g/mol. The van der Waals surface area contributed by atoms with Gasteiger partial charge in [-0.1, -0.05) is 42.0 Å². The molecule has 0 spiro atoms. The van der Waals surface area contributed by atoms with Crippen LogP contribution in [0.3, 0.4) is 0 Å². The fourth-order valence-electron chi connectivity index (χ4n) is 2.70. The summed E-state index contributed by atoms with van der Waals surface area (Å²) >= 11 is 0. The summed E-state index contributed by atoms with van der Waals surface area (Å²) in [5.41, 5.74) is 3.63. The molecule has 2 N–H and O–H groups in total. The highest BCUT2D eigenvalue weighted by Gasteiger charge is 2.20. The Kier molecular flexibility index (Phi) is 8.02. The molecule has 0 aliphatic rings. The van der Waals surface area contributed by atoms with E-state index in [2.05, 4.69) is 5.32 Å². The van der Waals surface area contributed by atoms with E-state index in [4.69, 9.17) is 9.47 Å². The van der Waals surface area contributed by atoms with Gasteiger partial charge in [-0.05, 0) is 44.0 Å². The molecule has 6 heteroatoms. The van der Waals surface area contributed by atoms with E-state index in [-0.39, 0.29) is 19.1 Å². The van der Waals surface area contributed by atoms with Gasteiger partial charge in [0.15, 0.2) is 6.10 Å². The highest BCUT2D eigenvalue weighted by molar-refractivity contribution is 5.84. The van der Waals surface area contributed by atoms with E-state index in [0.717, 1.165) is 16.7 Å². The maximum absolute atomic E-state index is 11.9. The molecular formula is C22H27NO5. The fourth-order valence-corrected chi connectivity index (χ4v) is 2.70. The van der Waals surface area contributed by atoms with Crippen LogP contribution in [0.2, 0.25) is 0 Å². The summed E-state index contributed by atoms with van der Waals surface area (Å²) in [6.45, 7) is 5.83. The summed E-state index contributed by atoms with van der Waals surface area (Å²) in [4.78, 5) is 23.2. The van der Waals surface area contributed by atoms with E-state index in [1.165, 1.54) is 0 Å². The first-order valence-electron chi connectivity index (χ1n) is 9.30. The third-order valence-corrected chi connectivity index (χ3v) is 4.05. The van der Waals surface area contributed by atoms with Gasteiger partial charge < -0.3 is 14.6 Å². The maximum Gasteiger partial charge on any atom is 0.411 e. The molecule has 0 bridgehead atoms. The molecule has 2 rings (SSSR count). The lowest BCUT2D eigenvalue weighted by atomic mass is 10.0. The van der Waals surface area contributed by atoms with Gasteiger partial charge in [-0.3, -0.25) is 5.32 Å². The Morgan fingerprint density at radius 2 is 1.75 bits per heavy atom. The minimum Gasteiger partial charge on any atom is -0.479 e. The monoisotopic (exact) mass is 385 g/mol. The maximum atomic E-state index is 11.9. The summed E-state index contributed by atoms with van der Waals surface area (Å²) in [6, 6.07) is 15.0. The number of rotatable bonds is 9. The minimum atomic E-state index is -0.977. The average molecular weight is 385 g/mol. The zero-order chi connectivity index (χ0) is 20.5. The summed E-state index contributed by atoms with van der Waals surface area (Å²) < 4.78 is 10.7. The van der Waals surface area contributed by atoms with Gasteiger partial charge in [-0.15, -0.1) is 0 Å². The van der Waals surface area contributed by atoms with Crippen molar-refractivity contribution in [2.24, 2.45) is 0 Å². The number of carboxylic acids is 1. The number of carbonyl (C=O) groups is 2. The molecule has 150 valence electrons. The van der Waals surface area contributed by atoms with E-state index in [1.807, 2.05) is 69.3 Å². The number of benzene rings is 2. The first kappa shape index (κ1) is 21.4. The number of nitrogens with one attached hydrogen (secondary N) is 1. The quantitative estimate of drug-likeness (QED) is 0.675. The van der Waals surface area contributed by atoms with Crippen molar-refractivity contribution >= 4 is 17.7 Å². The molecule has 2 aromatic rings. The largest absolute Gasteiger partial charge is 0.479 e. The number of hydrogen-bond donors (Lipinski definition) is 2. The predicted molar refractivity (Wildman–Crippen MR) is 108 cm³/mol. The van der Waals surface area contributed by atoms with Gasteiger partial charge in [-0.25, -0.2) is 9.59 Å². The van der Waals surface area contributed by atoms with E-state index in [0.29, 0.717) is 12.1 Å². The minimum absolute atomic E-state index is 0.162. The molecule has 1 amide bonds. The third kappa shape index (κ3) is 7.40. The second-order valence-corrected chi connectivity index (χ2v) is 6.91. The second-order valence-electron chi connectivity index (χ2n) is 6.91. The van der Waals surface area contributed by atoms with E-state index >= 15 is 0 Å². The zero-order valence-electron chi connectivity index (χ0n) is 16.5. The lowest BCUT2D eigenvalue weighted by molar-refractivity contribution is -0.153. The molecule has 0 aromatic heterocycles. The SMILES string of the molecule is Cc1ccc(NC(=O)OCCc2cccc(CC(OC(C)C)C(=O)O)c2)cc1. The first-order valence-corrected chi connectivity index (χ1v) is 9.30. The van der Waals surface area contributed by atoms with Gasteiger partial charge in [0.2, 0.25) is 0 Å². The fraction of sp³-hybridized carbons (Fsp3) is 0.364. The molecule has 0 radical (unpaired) electrons. The molecule has 1 unspecified atom stereocenters. The molecule has 0 heterocycles. The van der Waals surface area contributed by atoms with Gasteiger partial charge in [0.1, 0.15) is 0 Å². The predicted octanol–water partition coefficient (Wildman–Crippen LogP) is 4.21. The van der Waals surface area contributed by atoms with Crippen molar-refractivity contribution < 1.29 is 24.2 Å². The number of aliphatic carboxylic acids is 1. The Morgan fingerprint density at radius 1 is 1.07 bits per heavy atom. The number of aryl methyl sites for hydroxylation is 1. The second kappa shape index (κ2) is 10.5. The van der Waals surface area contributed by atoms with E-state index in [1.54, 1.807) is 0 Å². The van der Waals surface area contributed by atoms with Gasteiger partial charge in [0.05, 0.1) is 12.7 Å². The Labute approximate surface area is 165 Å². The van der Waals surface area contributed by atoms with Gasteiger partial charge in [0, 0.05) is 18.5 Å². The summed E-state index contributed by atoms with van der Waals surface area (Å²) in [5.74, 6) is -0.977. The first-order chi connectivity index (χ1) is 13.3.